The lowest BCUT2D eigenvalue weighted by atomic mass is 10.1. The van der Waals surface area contributed by atoms with Gasteiger partial charge in [0.2, 0.25) is 6.79 Å². The number of para-hydroxylation sites is 1. The molecule has 0 spiro atoms. The van der Waals surface area contributed by atoms with Crippen LogP contribution in [-0.2, 0) is 13.0 Å². The van der Waals surface area contributed by atoms with Crippen LogP contribution >= 0.6 is 0 Å². The molecule has 1 saturated carbocycles. The monoisotopic (exact) mass is 368 g/mol. The lowest BCUT2D eigenvalue weighted by Crippen LogP contribution is -2.41. The van der Waals surface area contributed by atoms with E-state index in [0.717, 1.165) is 47.6 Å². The van der Waals surface area contributed by atoms with Crippen molar-refractivity contribution >= 4 is 6.03 Å². The van der Waals surface area contributed by atoms with Crippen molar-refractivity contribution in [3.8, 4) is 17.2 Å². The minimum absolute atomic E-state index is 0.0239. The highest BCUT2D eigenvalue weighted by Crippen LogP contribution is 2.33. The number of benzene rings is 2. The van der Waals surface area contributed by atoms with Crippen LogP contribution < -0.4 is 19.5 Å². The van der Waals surface area contributed by atoms with Gasteiger partial charge in [0.15, 0.2) is 11.5 Å². The molecule has 2 aliphatic rings. The van der Waals surface area contributed by atoms with Crippen LogP contribution in [0.25, 0.3) is 0 Å². The third kappa shape index (κ3) is 4.10. The van der Waals surface area contributed by atoms with Gasteiger partial charge < -0.3 is 24.4 Å². The lowest BCUT2D eigenvalue weighted by Gasteiger charge is -2.24. The van der Waals surface area contributed by atoms with Crippen molar-refractivity contribution in [3.05, 3.63) is 53.6 Å². The summed E-state index contributed by atoms with van der Waals surface area (Å²) in [7, 11) is 1.66. The molecule has 1 N–H and O–H groups in total. The Kier molecular flexibility index (Phi) is 5.05. The quantitative estimate of drug-likeness (QED) is 0.814. The fraction of sp³-hybridized carbons (Fsp3) is 0.381. The summed E-state index contributed by atoms with van der Waals surface area (Å²) in [6, 6.07) is 14.0. The average Bonchev–Trinajstić information content (AvgIpc) is 3.43. The number of carbonyl (C=O) groups is 1. The Labute approximate surface area is 159 Å². The molecular formula is C21H24N2O4. The van der Waals surface area contributed by atoms with E-state index in [1.165, 1.54) is 0 Å². The van der Waals surface area contributed by atoms with Gasteiger partial charge in [0.05, 0.1) is 13.7 Å². The van der Waals surface area contributed by atoms with Crippen molar-refractivity contribution in [1.82, 2.24) is 10.2 Å². The normalized spacial score (nSPS) is 14.7. The summed E-state index contributed by atoms with van der Waals surface area (Å²) in [5, 5.41) is 3.05. The van der Waals surface area contributed by atoms with Gasteiger partial charge in [-0.1, -0.05) is 24.3 Å². The van der Waals surface area contributed by atoms with Gasteiger partial charge in [0.1, 0.15) is 5.75 Å². The van der Waals surface area contributed by atoms with Crippen LogP contribution in [0.15, 0.2) is 42.5 Å². The smallest absolute Gasteiger partial charge is 0.317 e. The van der Waals surface area contributed by atoms with Crippen molar-refractivity contribution in [2.24, 2.45) is 0 Å². The number of hydrogen-bond acceptors (Lipinski definition) is 4. The number of ether oxygens (including phenoxy) is 3. The zero-order valence-corrected chi connectivity index (χ0v) is 15.4. The minimum Gasteiger partial charge on any atom is -0.496 e. The van der Waals surface area contributed by atoms with Gasteiger partial charge in [0, 0.05) is 18.2 Å². The Balaban J connectivity index is 1.34. The first-order valence-electron chi connectivity index (χ1n) is 9.29. The predicted octanol–water partition coefficient (Wildman–Crippen LogP) is 3.34. The van der Waals surface area contributed by atoms with Crippen LogP contribution in [0, 0.1) is 0 Å². The number of urea groups is 1. The molecule has 1 aliphatic carbocycles. The number of nitrogens with zero attached hydrogens (tertiary/aromatic N) is 1. The number of amides is 2. The first kappa shape index (κ1) is 17.5. The van der Waals surface area contributed by atoms with Crippen molar-refractivity contribution in [2.45, 2.75) is 31.8 Å². The fourth-order valence-electron chi connectivity index (χ4n) is 3.28. The molecule has 0 saturated heterocycles. The number of rotatable bonds is 7. The van der Waals surface area contributed by atoms with E-state index in [9.17, 15) is 4.79 Å². The van der Waals surface area contributed by atoms with Gasteiger partial charge in [-0.3, -0.25) is 0 Å². The maximum Gasteiger partial charge on any atom is 0.317 e. The molecule has 142 valence electrons. The van der Waals surface area contributed by atoms with Crippen molar-refractivity contribution in [1.29, 1.82) is 0 Å². The van der Waals surface area contributed by atoms with Crippen LogP contribution in [-0.4, -0.2) is 37.4 Å². The average molecular weight is 368 g/mol. The highest BCUT2D eigenvalue weighted by Gasteiger charge is 2.33. The van der Waals surface area contributed by atoms with Gasteiger partial charge in [-0.2, -0.15) is 0 Å². The van der Waals surface area contributed by atoms with Crippen LogP contribution in [0.5, 0.6) is 17.2 Å². The third-order valence-electron chi connectivity index (χ3n) is 4.91. The molecule has 2 aromatic rings. The number of methoxy groups -OCH3 is 1. The summed E-state index contributed by atoms with van der Waals surface area (Å²) in [5.74, 6) is 2.37. The topological polar surface area (TPSA) is 60.0 Å². The molecule has 1 heterocycles. The van der Waals surface area contributed by atoms with E-state index >= 15 is 0 Å². The first-order chi connectivity index (χ1) is 13.2. The maximum absolute atomic E-state index is 12.7. The molecule has 6 heteroatoms. The van der Waals surface area contributed by atoms with Gasteiger partial charge in [0.25, 0.3) is 0 Å². The Bertz CT molecular complexity index is 820. The van der Waals surface area contributed by atoms with Gasteiger partial charge >= 0.3 is 6.03 Å². The molecule has 6 nitrogen and oxygen atoms in total. The summed E-state index contributed by atoms with van der Waals surface area (Å²) in [4.78, 5) is 14.6. The molecule has 1 aliphatic heterocycles. The number of fused-ring (bicyclic) bond motifs is 1. The fourth-order valence-corrected chi connectivity index (χ4v) is 3.28. The number of nitrogens with one attached hydrogen (secondary N) is 1. The summed E-state index contributed by atoms with van der Waals surface area (Å²) in [6.45, 7) is 1.41. The molecule has 0 aromatic heterocycles. The first-order valence-corrected chi connectivity index (χ1v) is 9.29. The maximum atomic E-state index is 12.7. The highest BCUT2D eigenvalue weighted by atomic mass is 16.7. The summed E-state index contributed by atoms with van der Waals surface area (Å²) < 4.78 is 16.2. The molecule has 27 heavy (non-hydrogen) atoms. The molecule has 0 radical (unpaired) electrons. The van der Waals surface area contributed by atoms with Gasteiger partial charge in [-0.05, 0) is 43.0 Å². The van der Waals surface area contributed by atoms with Crippen LogP contribution in [0.3, 0.4) is 0 Å². The van der Waals surface area contributed by atoms with E-state index in [4.69, 9.17) is 14.2 Å². The molecule has 2 amide bonds. The largest absolute Gasteiger partial charge is 0.496 e. The van der Waals surface area contributed by atoms with E-state index in [-0.39, 0.29) is 12.8 Å². The number of hydrogen-bond donors (Lipinski definition) is 1. The van der Waals surface area contributed by atoms with E-state index in [1.807, 2.05) is 47.4 Å². The predicted molar refractivity (Wildman–Crippen MR) is 101 cm³/mol. The van der Waals surface area contributed by atoms with Crippen LogP contribution in [0.2, 0.25) is 0 Å². The molecule has 4 rings (SSSR count). The standard InChI is InChI=1S/C21H24N2O4/c1-25-18-5-3-2-4-16(18)13-23(17-7-8-17)21(24)22-11-10-15-6-9-19-20(12-15)27-14-26-19/h2-6,9,12,17H,7-8,10-11,13-14H2,1H3,(H,22,24). The SMILES string of the molecule is COc1ccccc1CN(C(=O)NCCc1ccc2c(c1)OCO2)C1CC1. The minimum atomic E-state index is -0.0239. The third-order valence-corrected chi connectivity index (χ3v) is 4.91. The van der Waals surface area contributed by atoms with Crippen molar-refractivity contribution in [3.63, 3.8) is 0 Å². The molecule has 0 atom stereocenters. The van der Waals surface area contributed by atoms with Crippen LogP contribution in [0.1, 0.15) is 24.0 Å². The van der Waals surface area contributed by atoms with Crippen LogP contribution in [0.4, 0.5) is 4.79 Å². The highest BCUT2D eigenvalue weighted by molar-refractivity contribution is 5.75. The molecule has 2 aromatic carbocycles. The summed E-state index contributed by atoms with van der Waals surface area (Å²) >= 11 is 0. The zero-order valence-electron chi connectivity index (χ0n) is 15.4. The molecule has 0 unspecified atom stereocenters. The second-order valence-corrected chi connectivity index (χ2v) is 6.84. The molecule has 0 bridgehead atoms. The van der Waals surface area contributed by atoms with Gasteiger partial charge in [-0.25, -0.2) is 4.79 Å². The van der Waals surface area contributed by atoms with Crippen molar-refractivity contribution < 1.29 is 19.0 Å². The van der Waals surface area contributed by atoms with Crippen molar-refractivity contribution in [2.75, 3.05) is 20.4 Å². The lowest BCUT2D eigenvalue weighted by molar-refractivity contribution is 0.174. The molecule has 1 fully saturated rings. The zero-order chi connectivity index (χ0) is 18.6. The van der Waals surface area contributed by atoms with E-state index < -0.39 is 0 Å². The van der Waals surface area contributed by atoms with E-state index in [1.54, 1.807) is 7.11 Å². The Morgan fingerprint density at radius 2 is 2.00 bits per heavy atom. The second-order valence-electron chi connectivity index (χ2n) is 6.84. The second kappa shape index (κ2) is 7.78. The summed E-state index contributed by atoms with van der Waals surface area (Å²) in [5.41, 5.74) is 2.14. The summed E-state index contributed by atoms with van der Waals surface area (Å²) in [6.07, 6.45) is 2.87. The van der Waals surface area contributed by atoms with E-state index in [2.05, 4.69) is 5.32 Å². The Hall–Kier alpha value is -2.89. The Morgan fingerprint density at radius 3 is 2.81 bits per heavy atom. The number of carbonyl (C=O) groups excluding carboxylic acids is 1. The van der Waals surface area contributed by atoms with Gasteiger partial charge in [-0.15, -0.1) is 0 Å². The van der Waals surface area contributed by atoms with E-state index in [0.29, 0.717) is 19.1 Å². The Morgan fingerprint density at radius 1 is 1.19 bits per heavy atom. The molecular weight excluding hydrogens is 344 g/mol.